The fourth-order valence-electron chi connectivity index (χ4n) is 2.32. The van der Waals surface area contributed by atoms with Gasteiger partial charge in [0.15, 0.2) is 0 Å². The van der Waals surface area contributed by atoms with E-state index in [1.807, 2.05) is 45.0 Å². The summed E-state index contributed by atoms with van der Waals surface area (Å²) in [5, 5.41) is 12.8. The molecular weight excluding hydrogens is 334 g/mol. The number of thioether (sulfide) groups is 1. The number of ether oxygens (including phenoxy) is 1. The highest BCUT2D eigenvalue weighted by Gasteiger charge is 2.14. The minimum atomic E-state index is -0.102. The molecule has 1 N–H and O–H groups in total. The van der Waals surface area contributed by atoms with Gasteiger partial charge in [0.1, 0.15) is 16.8 Å². The van der Waals surface area contributed by atoms with Crippen molar-refractivity contribution in [2.24, 2.45) is 0 Å². The molecule has 1 aromatic heterocycles. The van der Waals surface area contributed by atoms with E-state index in [4.69, 9.17) is 4.74 Å². The maximum atomic E-state index is 12.1. The maximum Gasteiger partial charge on any atom is 0.230 e. The minimum absolute atomic E-state index is 0.102. The van der Waals surface area contributed by atoms with Gasteiger partial charge in [0.25, 0.3) is 0 Å². The lowest BCUT2D eigenvalue weighted by Gasteiger charge is -2.11. The van der Waals surface area contributed by atoms with Crippen LogP contribution in [0.2, 0.25) is 0 Å². The van der Waals surface area contributed by atoms with Crippen LogP contribution in [0.5, 0.6) is 5.75 Å². The van der Waals surface area contributed by atoms with Crippen LogP contribution in [0.25, 0.3) is 0 Å². The van der Waals surface area contributed by atoms with E-state index < -0.39 is 0 Å². The summed E-state index contributed by atoms with van der Waals surface area (Å²) in [5.74, 6) is 0.872. The standard InChI is InChI=1S/C19H21N3O2S/c1-12-13(2)17(9-20)19(22-14(12)3)25-11-18(23)21-10-15-6-5-7-16(8-15)24-4/h5-8H,10-11H2,1-4H3,(H,21,23). The van der Waals surface area contributed by atoms with Crippen molar-refractivity contribution in [3.63, 3.8) is 0 Å². The molecule has 0 aliphatic rings. The van der Waals surface area contributed by atoms with Gasteiger partial charge in [0.2, 0.25) is 5.91 Å². The number of rotatable bonds is 6. The van der Waals surface area contributed by atoms with Crippen molar-refractivity contribution < 1.29 is 9.53 Å². The van der Waals surface area contributed by atoms with Crippen LogP contribution in [-0.2, 0) is 11.3 Å². The average Bonchev–Trinajstić information content (AvgIpc) is 2.63. The Morgan fingerprint density at radius 3 is 2.76 bits per heavy atom. The van der Waals surface area contributed by atoms with E-state index in [-0.39, 0.29) is 11.7 Å². The summed E-state index contributed by atoms with van der Waals surface area (Å²) in [6, 6.07) is 9.75. The topological polar surface area (TPSA) is 75.0 Å². The van der Waals surface area contributed by atoms with Gasteiger partial charge in [-0.25, -0.2) is 4.98 Å². The fraction of sp³-hybridized carbons (Fsp3) is 0.316. The summed E-state index contributed by atoms with van der Waals surface area (Å²) in [6.45, 7) is 6.21. The van der Waals surface area contributed by atoms with E-state index in [0.29, 0.717) is 17.1 Å². The number of nitrogens with one attached hydrogen (secondary N) is 1. The third-order valence-electron chi connectivity index (χ3n) is 4.04. The van der Waals surface area contributed by atoms with Crippen LogP contribution >= 0.6 is 11.8 Å². The third-order valence-corrected chi connectivity index (χ3v) is 5.01. The molecule has 0 bridgehead atoms. The number of hydrogen-bond acceptors (Lipinski definition) is 5. The maximum absolute atomic E-state index is 12.1. The molecular formula is C19H21N3O2S. The molecule has 1 aromatic carbocycles. The second-order valence-corrected chi connectivity index (χ2v) is 6.62. The van der Waals surface area contributed by atoms with Crippen molar-refractivity contribution >= 4 is 17.7 Å². The quantitative estimate of drug-likeness (QED) is 0.805. The summed E-state index contributed by atoms with van der Waals surface area (Å²) in [7, 11) is 1.61. The van der Waals surface area contributed by atoms with Crippen LogP contribution in [0.3, 0.4) is 0 Å². The summed E-state index contributed by atoms with van der Waals surface area (Å²) < 4.78 is 5.17. The molecule has 130 valence electrons. The monoisotopic (exact) mass is 355 g/mol. The molecule has 25 heavy (non-hydrogen) atoms. The van der Waals surface area contributed by atoms with Crippen LogP contribution in [0.15, 0.2) is 29.3 Å². The third kappa shape index (κ3) is 4.74. The fourth-order valence-corrected chi connectivity index (χ4v) is 3.23. The van der Waals surface area contributed by atoms with Gasteiger partial charge in [0.05, 0.1) is 18.4 Å². The lowest BCUT2D eigenvalue weighted by Crippen LogP contribution is -2.24. The van der Waals surface area contributed by atoms with E-state index >= 15 is 0 Å². The van der Waals surface area contributed by atoms with Crippen LogP contribution in [0, 0.1) is 32.1 Å². The van der Waals surface area contributed by atoms with Gasteiger partial charge in [-0.05, 0) is 49.6 Å². The first kappa shape index (κ1) is 18.8. The largest absolute Gasteiger partial charge is 0.497 e. The summed E-state index contributed by atoms with van der Waals surface area (Å²) in [4.78, 5) is 16.6. The predicted octanol–water partition coefficient (Wildman–Crippen LogP) is 3.30. The van der Waals surface area contributed by atoms with Crippen LogP contribution in [0.1, 0.15) is 27.9 Å². The Bertz CT molecular complexity index is 828. The number of carbonyl (C=O) groups is 1. The zero-order valence-electron chi connectivity index (χ0n) is 14.8. The Balaban J connectivity index is 1.97. The molecule has 1 amide bonds. The molecule has 0 radical (unpaired) electrons. The summed E-state index contributed by atoms with van der Waals surface area (Å²) >= 11 is 1.29. The van der Waals surface area contributed by atoms with Crippen molar-refractivity contribution in [2.75, 3.05) is 12.9 Å². The first-order chi connectivity index (χ1) is 12.0. The van der Waals surface area contributed by atoms with Gasteiger partial charge in [-0.15, -0.1) is 0 Å². The Hall–Kier alpha value is -2.52. The number of aromatic nitrogens is 1. The molecule has 0 fully saturated rings. The number of methoxy groups -OCH3 is 1. The Labute approximate surface area is 152 Å². The molecule has 1 heterocycles. The SMILES string of the molecule is COc1cccc(CNC(=O)CSc2nc(C)c(C)c(C)c2C#N)c1. The molecule has 0 aliphatic heterocycles. The van der Waals surface area contributed by atoms with Crippen LogP contribution < -0.4 is 10.1 Å². The lowest BCUT2D eigenvalue weighted by molar-refractivity contribution is -0.118. The number of nitrogens with zero attached hydrogens (tertiary/aromatic N) is 2. The molecule has 0 atom stereocenters. The van der Waals surface area contributed by atoms with Gasteiger partial charge in [-0.1, -0.05) is 23.9 Å². The van der Waals surface area contributed by atoms with E-state index in [0.717, 1.165) is 28.1 Å². The van der Waals surface area contributed by atoms with Crippen molar-refractivity contribution in [2.45, 2.75) is 32.3 Å². The Kier molecular flexibility index (Phi) is 6.43. The number of carbonyl (C=O) groups excluding carboxylic acids is 1. The summed E-state index contributed by atoms with van der Waals surface area (Å²) in [6.07, 6.45) is 0. The zero-order valence-corrected chi connectivity index (χ0v) is 15.7. The smallest absolute Gasteiger partial charge is 0.230 e. The number of aryl methyl sites for hydroxylation is 1. The van der Waals surface area contributed by atoms with Gasteiger partial charge >= 0.3 is 0 Å². The van der Waals surface area contributed by atoms with Gasteiger partial charge in [-0.3, -0.25) is 4.79 Å². The van der Waals surface area contributed by atoms with Crippen molar-refractivity contribution in [3.05, 3.63) is 52.2 Å². The van der Waals surface area contributed by atoms with Gasteiger partial charge in [-0.2, -0.15) is 5.26 Å². The highest BCUT2D eigenvalue weighted by atomic mass is 32.2. The molecule has 2 aromatic rings. The second-order valence-electron chi connectivity index (χ2n) is 5.66. The number of nitriles is 1. The molecule has 5 nitrogen and oxygen atoms in total. The number of hydrogen-bond donors (Lipinski definition) is 1. The van der Waals surface area contributed by atoms with Crippen LogP contribution in [0.4, 0.5) is 0 Å². The van der Waals surface area contributed by atoms with E-state index in [1.165, 1.54) is 11.8 Å². The predicted molar refractivity (Wildman–Crippen MR) is 98.7 cm³/mol. The first-order valence-electron chi connectivity index (χ1n) is 7.86. The highest BCUT2D eigenvalue weighted by molar-refractivity contribution is 8.00. The molecule has 0 spiro atoms. The number of amides is 1. The van der Waals surface area contributed by atoms with Gasteiger partial charge < -0.3 is 10.1 Å². The van der Waals surface area contributed by atoms with E-state index in [1.54, 1.807) is 7.11 Å². The number of pyridine rings is 1. The Morgan fingerprint density at radius 1 is 1.32 bits per heavy atom. The first-order valence-corrected chi connectivity index (χ1v) is 8.85. The van der Waals surface area contributed by atoms with E-state index in [9.17, 15) is 10.1 Å². The van der Waals surface area contributed by atoms with Gasteiger partial charge in [0, 0.05) is 12.2 Å². The van der Waals surface area contributed by atoms with Crippen molar-refractivity contribution in [1.29, 1.82) is 5.26 Å². The van der Waals surface area contributed by atoms with Crippen molar-refractivity contribution in [1.82, 2.24) is 10.3 Å². The molecule has 0 saturated carbocycles. The normalized spacial score (nSPS) is 10.2. The molecule has 0 aliphatic carbocycles. The second kappa shape index (κ2) is 8.54. The average molecular weight is 355 g/mol. The van der Waals surface area contributed by atoms with Crippen LogP contribution in [-0.4, -0.2) is 23.8 Å². The lowest BCUT2D eigenvalue weighted by atomic mass is 10.1. The van der Waals surface area contributed by atoms with Crippen molar-refractivity contribution in [3.8, 4) is 11.8 Å². The molecule has 2 rings (SSSR count). The highest BCUT2D eigenvalue weighted by Crippen LogP contribution is 2.26. The molecule has 0 unspecified atom stereocenters. The van der Waals surface area contributed by atoms with E-state index in [2.05, 4.69) is 16.4 Å². The molecule has 6 heteroatoms. The zero-order chi connectivity index (χ0) is 18.4. The number of benzene rings is 1. The molecule has 0 saturated heterocycles. The Morgan fingerprint density at radius 2 is 2.08 bits per heavy atom. The summed E-state index contributed by atoms with van der Waals surface area (Å²) in [5.41, 5.74) is 4.35. The minimum Gasteiger partial charge on any atom is -0.497 e.